The van der Waals surface area contributed by atoms with Gasteiger partial charge in [0.1, 0.15) is 10.4 Å². The van der Waals surface area contributed by atoms with E-state index in [4.69, 9.17) is 0 Å². The van der Waals surface area contributed by atoms with Crippen LogP contribution in [0.4, 0.5) is 5.82 Å². The monoisotopic (exact) mass is 375 g/mol. The predicted molar refractivity (Wildman–Crippen MR) is 89.9 cm³/mol. The van der Waals surface area contributed by atoms with Gasteiger partial charge >= 0.3 is 0 Å². The molecule has 120 valence electrons. The van der Waals surface area contributed by atoms with Crippen molar-refractivity contribution in [2.45, 2.75) is 38.4 Å². The van der Waals surface area contributed by atoms with Gasteiger partial charge in [-0.15, -0.1) is 0 Å². The summed E-state index contributed by atoms with van der Waals surface area (Å²) in [5.41, 5.74) is 1.13. The molecule has 1 amide bonds. The number of halogens is 1. The van der Waals surface area contributed by atoms with Gasteiger partial charge in [0.15, 0.2) is 0 Å². The standard InChI is InChI=1S/C16H18BrN5O/c1-10-3-4-13(17)20-14(10)21-15(23)11-7-16(8-12(16)19-11)9-22-6-2-5-18-22/h2-6,11-12,19H,7-9H2,1H3,(H,20,21,23). The highest BCUT2D eigenvalue weighted by atomic mass is 79.9. The van der Waals surface area contributed by atoms with E-state index in [1.165, 1.54) is 0 Å². The van der Waals surface area contributed by atoms with E-state index in [1.807, 2.05) is 36.0 Å². The highest BCUT2D eigenvalue weighted by molar-refractivity contribution is 9.10. The molecule has 2 fully saturated rings. The predicted octanol–water partition coefficient (Wildman–Crippen LogP) is 2.11. The number of rotatable bonds is 4. The zero-order valence-electron chi connectivity index (χ0n) is 12.8. The first-order valence-electron chi connectivity index (χ1n) is 7.73. The highest BCUT2D eigenvalue weighted by Gasteiger charge is 2.61. The number of nitrogens with zero attached hydrogens (tertiary/aromatic N) is 3. The van der Waals surface area contributed by atoms with Gasteiger partial charge in [-0.3, -0.25) is 9.48 Å². The van der Waals surface area contributed by atoms with Crippen molar-refractivity contribution in [1.82, 2.24) is 20.1 Å². The number of hydrogen-bond acceptors (Lipinski definition) is 4. The Morgan fingerprint density at radius 1 is 1.52 bits per heavy atom. The minimum atomic E-state index is -0.163. The molecule has 0 spiro atoms. The Morgan fingerprint density at radius 2 is 2.39 bits per heavy atom. The van der Waals surface area contributed by atoms with E-state index in [9.17, 15) is 4.79 Å². The first-order chi connectivity index (χ1) is 11.1. The first kappa shape index (κ1) is 14.8. The third-order valence-corrected chi connectivity index (χ3v) is 5.30. The molecule has 1 aliphatic carbocycles. The summed E-state index contributed by atoms with van der Waals surface area (Å²) in [6, 6.07) is 5.99. The van der Waals surface area contributed by atoms with Crippen molar-refractivity contribution in [3.05, 3.63) is 40.8 Å². The molecule has 23 heavy (non-hydrogen) atoms. The minimum absolute atomic E-state index is 0.00857. The second-order valence-corrected chi connectivity index (χ2v) is 7.35. The Labute approximate surface area is 142 Å². The van der Waals surface area contributed by atoms with E-state index >= 15 is 0 Å². The van der Waals surface area contributed by atoms with Gasteiger partial charge in [0.05, 0.1) is 6.04 Å². The molecule has 0 radical (unpaired) electrons. The summed E-state index contributed by atoms with van der Waals surface area (Å²) in [6.45, 7) is 2.81. The van der Waals surface area contributed by atoms with Crippen molar-refractivity contribution in [3.8, 4) is 0 Å². The number of piperidine rings is 1. The van der Waals surface area contributed by atoms with E-state index in [0.717, 1.165) is 29.6 Å². The molecule has 0 aromatic carbocycles. The van der Waals surface area contributed by atoms with Gasteiger partial charge < -0.3 is 10.6 Å². The number of nitrogens with one attached hydrogen (secondary N) is 2. The maximum atomic E-state index is 12.5. The van der Waals surface area contributed by atoms with Crippen LogP contribution in [0.2, 0.25) is 0 Å². The molecule has 2 aromatic rings. The van der Waals surface area contributed by atoms with Gasteiger partial charge in [-0.2, -0.15) is 5.10 Å². The fourth-order valence-corrected chi connectivity index (χ4v) is 3.79. The van der Waals surface area contributed by atoms with E-state index in [1.54, 1.807) is 6.20 Å². The number of amides is 1. The lowest BCUT2D eigenvalue weighted by Gasteiger charge is -2.17. The summed E-state index contributed by atoms with van der Waals surface area (Å²) in [4.78, 5) is 16.9. The second kappa shape index (κ2) is 5.42. The van der Waals surface area contributed by atoms with Crippen LogP contribution in [0, 0.1) is 12.3 Å². The largest absolute Gasteiger partial charge is 0.309 e. The summed E-state index contributed by atoms with van der Waals surface area (Å²) < 4.78 is 2.68. The third-order valence-electron chi connectivity index (χ3n) is 4.86. The molecule has 3 unspecified atom stereocenters. The van der Waals surface area contributed by atoms with E-state index < -0.39 is 0 Å². The Balaban J connectivity index is 1.42. The van der Waals surface area contributed by atoms with Gasteiger partial charge in [-0.1, -0.05) is 6.07 Å². The molecule has 0 bridgehead atoms. The maximum Gasteiger partial charge on any atom is 0.242 e. The third kappa shape index (κ3) is 2.79. The van der Waals surface area contributed by atoms with Gasteiger partial charge in [-0.05, 0) is 53.4 Å². The summed E-state index contributed by atoms with van der Waals surface area (Å²) in [5, 5.41) is 10.7. The normalized spacial score (nSPS) is 28.4. The van der Waals surface area contributed by atoms with Crippen molar-refractivity contribution in [2.24, 2.45) is 5.41 Å². The maximum absolute atomic E-state index is 12.5. The van der Waals surface area contributed by atoms with Gasteiger partial charge in [0.25, 0.3) is 0 Å². The first-order valence-corrected chi connectivity index (χ1v) is 8.53. The molecule has 4 rings (SSSR count). The van der Waals surface area contributed by atoms with Crippen molar-refractivity contribution in [1.29, 1.82) is 0 Å². The number of pyridine rings is 1. The minimum Gasteiger partial charge on any atom is -0.309 e. The average molecular weight is 376 g/mol. The lowest BCUT2D eigenvalue weighted by molar-refractivity contribution is -0.118. The molecule has 2 aromatic heterocycles. The molecule has 1 saturated carbocycles. The molecule has 3 atom stereocenters. The number of anilines is 1. The topological polar surface area (TPSA) is 71.8 Å². The molecule has 1 saturated heterocycles. The molecule has 7 heteroatoms. The lowest BCUT2D eigenvalue weighted by atomic mass is 9.99. The number of carbonyl (C=O) groups excluding carboxylic acids is 1. The Morgan fingerprint density at radius 3 is 3.17 bits per heavy atom. The van der Waals surface area contributed by atoms with Crippen LogP contribution in [-0.2, 0) is 11.3 Å². The molecular formula is C16H18BrN5O. The highest BCUT2D eigenvalue weighted by Crippen LogP contribution is 2.55. The van der Waals surface area contributed by atoms with Crippen LogP contribution in [0.25, 0.3) is 0 Å². The van der Waals surface area contributed by atoms with Crippen LogP contribution in [-0.4, -0.2) is 32.8 Å². The van der Waals surface area contributed by atoms with Crippen LogP contribution in [0.1, 0.15) is 18.4 Å². The summed E-state index contributed by atoms with van der Waals surface area (Å²) in [6.07, 6.45) is 5.73. The van der Waals surface area contributed by atoms with Crippen LogP contribution >= 0.6 is 15.9 Å². The molecule has 1 aliphatic heterocycles. The van der Waals surface area contributed by atoms with Gasteiger partial charge in [-0.25, -0.2) is 4.98 Å². The van der Waals surface area contributed by atoms with Crippen molar-refractivity contribution in [2.75, 3.05) is 5.32 Å². The molecule has 2 N–H and O–H groups in total. The fraction of sp³-hybridized carbons (Fsp3) is 0.438. The average Bonchev–Trinajstić information content (AvgIpc) is 2.90. The van der Waals surface area contributed by atoms with Crippen LogP contribution in [0.3, 0.4) is 0 Å². The second-order valence-electron chi connectivity index (χ2n) is 6.53. The van der Waals surface area contributed by atoms with Gasteiger partial charge in [0, 0.05) is 30.4 Å². The zero-order valence-corrected chi connectivity index (χ0v) is 14.4. The Hall–Kier alpha value is -1.73. The summed E-state index contributed by atoms with van der Waals surface area (Å²) in [7, 11) is 0. The number of hydrogen-bond donors (Lipinski definition) is 2. The number of aromatic nitrogens is 3. The zero-order chi connectivity index (χ0) is 16.0. The quantitative estimate of drug-likeness (QED) is 0.802. The van der Waals surface area contributed by atoms with Crippen LogP contribution < -0.4 is 10.6 Å². The molecule has 3 heterocycles. The summed E-state index contributed by atoms with van der Waals surface area (Å²) >= 11 is 3.34. The SMILES string of the molecule is Cc1ccc(Br)nc1NC(=O)C1CC2(Cn3cccn3)CC2N1. The summed E-state index contributed by atoms with van der Waals surface area (Å²) in [5.74, 6) is 0.610. The van der Waals surface area contributed by atoms with Crippen molar-refractivity contribution in [3.63, 3.8) is 0 Å². The van der Waals surface area contributed by atoms with E-state index in [2.05, 4.69) is 36.6 Å². The van der Waals surface area contributed by atoms with Crippen molar-refractivity contribution >= 4 is 27.7 Å². The molecule has 6 nitrogen and oxygen atoms in total. The fourth-order valence-electron chi connectivity index (χ4n) is 3.48. The lowest BCUT2D eigenvalue weighted by Crippen LogP contribution is -2.38. The molecular weight excluding hydrogens is 358 g/mol. The van der Waals surface area contributed by atoms with Crippen LogP contribution in [0.15, 0.2) is 35.2 Å². The van der Waals surface area contributed by atoms with Gasteiger partial charge in [0.2, 0.25) is 5.91 Å². The number of aryl methyl sites for hydroxylation is 1. The van der Waals surface area contributed by atoms with Crippen molar-refractivity contribution < 1.29 is 4.79 Å². The van der Waals surface area contributed by atoms with E-state index in [-0.39, 0.29) is 17.4 Å². The number of carbonyl (C=O) groups is 1. The number of fused-ring (bicyclic) bond motifs is 1. The smallest absolute Gasteiger partial charge is 0.242 e. The Kier molecular flexibility index (Phi) is 3.50. The molecule has 2 aliphatic rings. The van der Waals surface area contributed by atoms with E-state index in [0.29, 0.717) is 11.9 Å². The van der Waals surface area contributed by atoms with Crippen LogP contribution in [0.5, 0.6) is 0 Å². The Bertz CT molecular complexity index is 747.